The second-order valence-corrected chi connectivity index (χ2v) is 33.4. The van der Waals surface area contributed by atoms with Crippen LogP contribution in [0.25, 0.3) is 0 Å². The lowest BCUT2D eigenvalue weighted by Gasteiger charge is -2.21. The summed E-state index contributed by atoms with van der Waals surface area (Å²) >= 11 is 0. The van der Waals surface area contributed by atoms with E-state index < -0.39 is 97.5 Å². The van der Waals surface area contributed by atoms with Gasteiger partial charge in [0, 0.05) is 25.7 Å². The van der Waals surface area contributed by atoms with Gasteiger partial charge in [0.1, 0.15) is 19.3 Å². The van der Waals surface area contributed by atoms with Crippen LogP contribution in [0.15, 0.2) is 0 Å². The number of esters is 4. The molecular formula is C84H164O17P2. The Morgan fingerprint density at radius 2 is 0.466 bits per heavy atom. The number of unbranched alkanes of at least 4 members (excludes halogenated alkanes) is 55. The Bertz CT molecular complexity index is 1960. The van der Waals surface area contributed by atoms with Crippen molar-refractivity contribution in [3.63, 3.8) is 0 Å². The van der Waals surface area contributed by atoms with Crippen molar-refractivity contribution in [2.75, 3.05) is 39.6 Å². The smallest absolute Gasteiger partial charge is 0.462 e. The molecule has 0 spiro atoms. The number of ether oxygens (including phenoxy) is 4. The van der Waals surface area contributed by atoms with E-state index >= 15 is 0 Å². The molecule has 3 unspecified atom stereocenters. The molecule has 103 heavy (non-hydrogen) atoms. The lowest BCUT2D eigenvalue weighted by molar-refractivity contribution is -0.161. The summed E-state index contributed by atoms with van der Waals surface area (Å²) in [6.07, 6.45) is 69.2. The maximum Gasteiger partial charge on any atom is 0.472 e. The molecule has 0 heterocycles. The minimum absolute atomic E-state index is 0.109. The molecule has 0 rings (SSSR count). The number of rotatable bonds is 84. The normalized spacial score (nSPS) is 14.1. The topological polar surface area (TPSA) is 237 Å². The molecule has 0 saturated carbocycles. The van der Waals surface area contributed by atoms with Crippen LogP contribution in [0.5, 0.6) is 0 Å². The highest BCUT2D eigenvalue weighted by atomic mass is 31.2. The highest BCUT2D eigenvalue weighted by molar-refractivity contribution is 7.47. The molecule has 0 aliphatic carbocycles. The van der Waals surface area contributed by atoms with Gasteiger partial charge in [0.2, 0.25) is 0 Å². The third-order valence-electron chi connectivity index (χ3n) is 20.1. The number of aliphatic hydroxyl groups excluding tert-OH is 1. The van der Waals surface area contributed by atoms with E-state index in [-0.39, 0.29) is 25.7 Å². The highest BCUT2D eigenvalue weighted by Crippen LogP contribution is 2.45. The Kier molecular flexibility index (Phi) is 75.4. The average Bonchev–Trinajstić information content (AvgIpc) is 1.06. The molecule has 0 aliphatic rings. The maximum absolute atomic E-state index is 13.1. The van der Waals surface area contributed by atoms with Crippen molar-refractivity contribution < 1.29 is 80.2 Å². The first-order chi connectivity index (χ1) is 50.1. The first-order valence-electron chi connectivity index (χ1n) is 43.7. The highest BCUT2D eigenvalue weighted by Gasteiger charge is 2.30. The van der Waals surface area contributed by atoms with Crippen molar-refractivity contribution >= 4 is 39.5 Å². The number of phosphoric acid groups is 2. The van der Waals surface area contributed by atoms with Crippen LogP contribution in [0.3, 0.4) is 0 Å². The first-order valence-corrected chi connectivity index (χ1v) is 46.7. The van der Waals surface area contributed by atoms with Gasteiger partial charge in [-0.25, -0.2) is 9.13 Å². The van der Waals surface area contributed by atoms with Gasteiger partial charge >= 0.3 is 39.5 Å². The Morgan fingerprint density at radius 3 is 0.689 bits per heavy atom. The van der Waals surface area contributed by atoms with Gasteiger partial charge in [-0.1, -0.05) is 401 Å². The summed E-state index contributed by atoms with van der Waals surface area (Å²) in [5.74, 6) is -1.25. The van der Waals surface area contributed by atoms with Crippen LogP contribution in [0.1, 0.15) is 452 Å². The fourth-order valence-electron chi connectivity index (χ4n) is 13.1. The molecule has 0 radical (unpaired) electrons. The third kappa shape index (κ3) is 76.6. The van der Waals surface area contributed by atoms with E-state index in [9.17, 15) is 43.2 Å². The number of aliphatic hydroxyl groups is 1. The number of hydrogen-bond acceptors (Lipinski definition) is 15. The van der Waals surface area contributed by atoms with Crippen LogP contribution in [-0.4, -0.2) is 96.7 Å². The van der Waals surface area contributed by atoms with E-state index in [1.807, 2.05) is 0 Å². The largest absolute Gasteiger partial charge is 0.472 e. The quantitative estimate of drug-likeness (QED) is 0.0222. The van der Waals surface area contributed by atoms with Gasteiger partial charge in [-0.3, -0.25) is 37.3 Å². The van der Waals surface area contributed by atoms with Gasteiger partial charge in [0.25, 0.3) is 0 Å². The predicted octanol–water partition coefficient (Wildman–Crippen LogP) is 25.6. The van der Waals surface area contributed by atoms with Crippen LogP contribution < -0.4 is 0 Å². The standard InChI is InChI=1S/C84H164O17P2/c1-6-10-13-16-19-22-25-27-29-31-32-34-38-43-48-53-58-63-68-82(87)95-74-80(101-84(89)70-65-60-55-50-45-40-36-35-37-42-46-51-56-61-66-77(5)9-4)76-99-103(92,93)97-72-78(85)71-96-102(90,91)98-75-79(73-94-81(86)67-62-57-52-47-41-24-21-18-15-12-8-3)100-83(88)69-64-59-54-49-44-39-33-30-28-26-23-20-17-14-11-7-2/h77-80,85H,6-76H2,1-5H3,(H,90,91)(H,92,93)/t77?,78-,79+,80+/m0/s1. The van der Waals surface area contributed by atoms with E-state index in [2.05, 4.69) is 34.6 Å². The van der Waals surface area contributed by atoms with Crippen molar-refractivity contribution in [3.05, 3.63) is 0 Å². The SMILES string of the molecule is CCCCCCCCCCCCCCCCCCCCC(=O)OC[C@H](COP(=O)(O)OC[C@@H](O)COP(=O)(O)OC[C@@H](COC(=O)CCCCCCCCCCCCC)OC(=O)CCCCCCCCCCCCCCCCCC)OC(=O)CCCCCCCCCCCCCCCCC(C)CC. The van der Waals surface area contributed by atoms with Crippen molar-refractivity contribution in [3.8, 4) is 0 Å². The van der Waals surface area contributed by atoms with Gasteiger partial charge in [-0.2, -0.15) is 0 Å². The number of phosphoric ester groups is 2. The maximum atomic E-state index is 13.1. The van der Waals surface area contributed by atoms with Crippen LogP contribution in [-0.2, 0) is 65.4 Å². The Balaban J connectivity index is 5.25. The van der Waals surface area contributed by atoms with Gasteiger partial charge in [-0.15, -0.1) is 0 Å². The van der Waals surface area contributed by atoms with Crippen LogP contribution in [0.2, 0.25) is 0 Å². The summed E-state index contributed by atoms with van der Waals surface area (Å²) in [6, 6.07) is 0. The van der Waals surface area contributed by atoms with E-state index in [4.69, 9.17) is 37.0 Å². The first kappa shape index (κ1) is 101. The zero-order valence-corrected chi connectivity index (χ0v) is 69.3. The minimum Gasteiger partial charge on any atom is -0.462 e. The second kappa shape index (κ2) is 76.8. The molecule has 0 amide bonds. The molecule has 0 aromatic rings. The molecule has 0 aromatic carbocycles. The molecule has 6 atom stereocenters. The van der Waals surface area contributed by atoms with E-state index in [1.54, 1.807) is 0 Å². The summed E-state index contributed by atoms with van der Waals surface area (Å²) in [6.45, 7) is 7.41. The monoisotopic (exact) mass is 1510 g/mol. The zero-order chi connectivity index (χ0) is 75.5. The van der Waals surface area contributed by atoms with E-state index in [0.29, 0.717) is 25.7 Å². The predicted molar refractivity (Wildman–Crippen MR) is 423 cm³/mol. The lowest BCUT2D eigenvalue weighted by atomic mass is 9.99. The summed E-state index contributed by atoms with van der Waals surface area (Å²) in [7, 11) is -9.92. The molecule has 17 nitrogen and oxygen atoms in total. The molecule has 19 heteroatoms. The summed E-state index contributed by atoms with van der Waals surface area (Å²) in [5, 5.41) is 10.7. The number of carbonyl (C=O) groups is 4. The van der Waals surface area contributed by atoms with Crippen LogP contribution >= 0.6 is 15.6 Å². The van der Waals surface area contributed by atoms with Gasteiger partial charge in [-0.05, 0) is 31.6 Å². The summed E-state index contributed by atoms with van der Waals surface area (Å²) in [4.78, 5) is 73.2. The minimum atomic E-state index is -4.96. The van der Waals surface area contributed by atoms with Crippen molar-refractivity contribution in [1.82, 2.24) is 0 Å². The Hall–Kier alpha value is -1.94. The summed E-state index contributed by atoms with van der Waals surface area (Å²) in [5.41, 5.74) is 0. The fourth-order valence-corrected chi connectivity index (χ4v) is 14.7. The van der Waals surface area contributed by atoms with Gasteiger partial charge < -0.3 is 33.8 Å². The van der Waals surface area contributed by atoms with Crippen molar-refractivity contribution in [2.24, 2.45) is 5.92 Å². The third-order valence-corrected chi connectivity index (χ3v) is 22.0. The molecular weight excluding hydrogens is 1340 g/mol. The van der Waals surface area contributed by atoms with Crippen molar-refractivity contribution in [1.29, 1.82) is 0 Å². The fraction of sp³-hybridized carbons (Fsp3) is 0.952. The molecule has 3 N–H and O–H groups in total. The second-order valence-electron chi connectivity index (χ2n) is 30.5. The van der Waals surface area contributed by atoms with E-state index in [0.717, 1.165) is 95.8 Å². The molecule has 0 saturated heterocycles. The Morgan fingerprint density at radius 1 is 0.272 bits per heavy atom. The Labute approximate surface area is 632 Å². The average molecular weight is 1510 g/mol. The molecule has 0 aromatic heterocycles. The number of carbonyl (C=O) groups excluding carboxylic acids is 4. The number of hydrogen-bond donors (Lipinski definition) is 3. The molecule has 0 aliphatic heterocycles. The zero-order valence-electron chi connectivity index (χ0n) is 67.5. The van der Waals surface area contributed by atoms with E-state index in [1.165, 1.54) is 276 Å². The van der Waals surface area contributed by atoms with Gasteiger partial charge in [0.15, 0.2) is 12.2 Å². The molecule has 612 valence electrons. The van der Waals surface area contributed by atoms with Crippen LogP contribution in [0.4, 0.5) is 0 Å². The van der Waals surface area contributed by atoms with Gasteiger partial charge in [0.05, 0.1) is 26.4 Å². The summed E-state index contributed by atoms with van der Waals surface area (Å²) < 4.78 is 68.9. The molecule has 0 bridgehead atoms. The van der Waals surface area contributed by atoms with Crippen LogP contribution in [0, 0.1) is 5.92 Å². The van der Waals surface area contributed by atoms with Crippen molar-refractivity contribution in [2.45, 2.75) is 470 Å². The molecule has 0 fully saturated rings. The lowest BCUT2D eigenvalue weighted by Crippen LogP contribution is -2.30.